The second-order valence-corrected chi connectivity index (χ2v) is 4.80. The molecule has 0 spiro atoms. The van der Waals surface area contributed by atoms with Crippen LogP contribution in [0.2, 0.25) is 0 Å². The maximum atomic E-state index is 11.3. The predicted octanol–water partition coefficient (Wildman–Crippen LogP) is -0.293. The molecule has 6 nitrogen and oxygen atoms in total. The van der Waals surface area contributed by atoms with E-state index in [1.807, 2.05) is 0 Å². The van der Waals surface area contributed by atoms with Crippen LogP contribution in [0.3, 0.4) is 0 Å². The van der Waals surface area contributed by atoms with Gasteiger partial charge in [-0.15, -0.1) is 0 Å². The van der Waals surface area contributed by atoms with E-state index in [0.717, 1.165) is 13.0 Å². The van der Waals surface area contributed by atoms with E-state index in [4.69, 9.17) is 16.2 Å². The summed E-state index contributed by atoms with van der Waals surface area (Å²) >= 11 is 0. The fourth-order valence-corrected chi connectivity index (χ4v) is 2.80. The molecule has 2 fully saturated rings. The number of primary amides is 1. The van der Waals surface area contributed by atoms with Gasteiger partial charge in [0.2, 0.25) is 0 Å². The minimum Gasteiger partial charge on any atom is -0.376 e. The third-order valence-electron chi connectivity index (χ3n) is 3.82. The van der Waals surface area contributed by atoms with E-state index < -0.39 is 5.91 Å². The number of nitrogens with two attached hydrogens (primary N) is 2. The third kappa shape index (κ3) is 1.65. The summed E-state index contributed by atoms with van der Waals surface area (Å²) in [5.74, 6) is 0.407. The number of amides is 1. The Bertz CT molecular complexity index is 479. The van der Waals surface area contributed by atoms with Crippen LogP contribution < -0.4 is 16.8 Å². The van der Waals surface area contributed by atoms with Crippen molar-refractivity contribution < 1.29 is 9.53 Å². The second kappa shape index (κ2) is 4.22. The molecule has 0 radical (unpaired) electrons. The van der Waals surface area contributed by atoms with Gasteiger partial charge < -0.3 is 21.5 Å². The molecule has 1 saturated carbocycles. The van der Waals surface area contributed by atoms with Gasteiger partial charge in [0.25, 0.3) is 5.91 Å². The molecule has 0 bridgehead atoms. The Kier molecular flexibility index (Phi) is 2.68. The summed E-state index contributed by atoms with van der Waals surface area (Å²) in [5, 5.41) is 3.19. The molecule has 96 valence electrons. The van der Waals surface area contributed by atoms with Crippen molar-refractivity contribution in [3.8, 4) is 0 Å². The zero-order valence-electron chi connectivity index (χ0n) is 9.87. The van der Waals surface area contributed by atoms with Crippen LogP contribution in [0.5, 0.6) is 0 Å². The van der Waals surface area contributed by atoms with E-state index >= 15 is 0 Å². The van der Waals surface area contributed by atoms with Crippen molar-refractivity contribution in [2.75, 3.05) is 11.9 Å². The summed E-state index contributed by atoms with van der Waals surface area (Å²) in [6.45, 7) is 0.756. The summed E-state index contributed by atoms with van der Waals surface area (Å²) in [6, 6.07) is 3.38. The number of carbonyl (C=O) groups is 1. The maximum Gasteiger partial charge on any atom is 0.252 e. The first-order chi connectivity index (χ1) is 8.68. The van der Waals surface area contributed by atoms with Crippen molar-refractivity contribution >= 4 is 11.7 Å². The SMILES string of the molecule is NC(=O)c1cccnc1NC1C(N)C2CCOC21. The van der Waals surface area contributed by atoms with E-state index in [9.17, 15) is 4.79 Å². The van der Waals surface area contributed by atoms with Crippen molar-refractivity contribution in [3.05, 3.63) is 23.9 Å². The topological polar surface area (TPSA) is 103 Å². The smallest absolute Gasteiger partial charge is 0.252 e. The first-order valence-corrected chi connectivity index (χ1v) is 6.07. The van der Waals surface area contributed by atoms with Crippen LogP contribution in [0.15, 0.2) is 18.3 Å². The Morgan fingerprint density at radius 3 is 3.17 bits per heavy atom. The van der Waals surface area contributed by atoms with E-state index in [1.54, 1.807) is 18.3 Å². The van der Waals surface area contributed by atoms with Crippen LogP contribution in [-0.4, -0.2) is 35.7 Å². The summed E-state index contributed by atoms with van der Waals surface area (Å²) in [7, 11) is 0. The molecule has 4 unspecified atom stereocenters. The molecular weight excluding hydrogens is 232 g/mol. The number of anilines is 1. The number of rotatable bonds is 3. The number of hydrogen-bond acceptors (Lipinski definition) is 5. The van der Waals surface area contributed by atoms with E-state index in [2.05, 4.69) is 10.3 Å². The van der Waals surface area contributed by atoms with E-state index in [0.29, 0.717) is 17.3 Å². The lowest BCUT2D eigenvalue weighted by atomic mass is 9.72. The summed E-state index contributed by atoms with van der Waals surface area (Å²) < 4.78 is 5.62. The van der Waals surface area contributed by atoms with Gasteiger partial charge in [-0.1, -0.05) is 0 Å². The van der Waals surface area contributed by atoms with E-state index in [1.165, 1.54) is 0 Å². The summed E-state index contributed by atoms with van der Waals surface area (Å²) in [4.78, 5) is 15.4. The maximum absolute atomic E-state index is 11.3. The number of hydrogen-bond donors (Lipinski definition) is 3. The highest BCUT2D eigenvalue weighted by atomic mass is 16.5. The summed E-state index contributed by atoms with van der Waals surface area (Å²) in [5.41, 5.74) is 11.8. The molecule has 5 N–H and O–H groups in total. The van der Waals surface area contributed by atoms with Gasteiger partial charge in [-0.05, 0) is 18.6 Å². The minimum absolute atomic E-state index is 0.00509. The number of nitrogens with one attached hydrogen (secondary N) is 1. The molecule has 2 aliphatic rings. The molecule has 1 aromatic heterocycles. The molecule has 6 heteroatoms. The Hall–Kier alpha value is -1.66. The average Bonchev–Trinajstić information content (AvgIpc) is 2.81. The van der Waals surface area contributed by atoms with Crippen molar-refractivity contribution in [1.29, 1.82) is 0 Å². The highest BCUT2D eigenvalue weighted by Crippen LogP contribution is 2.39. The molecule has 1 amide bonds. The van der Waals surface area contributed by atoms with E-state index in [-0.39, 0.29) is 18.2 Å². The molecule has 1 aliphatic carbocycles. The van der Waals surface area contributed by atoms with Crippen LogP contribution in [0.4, 0.5) is 5.82 Å². The first-order valence-electron chi connectivity index (χ1n) is 6.07. The van der Waals surface area contributed by atoms with Crippen LogP contribution in [-0.2, 0) is 4.74 Å². The number of pyridine rings is 1. The average molecular weight is 248 g/mol. The van der Waals surface area contributed by atoms with Crippen LogP contribution >= 0.6 is 0 Å². The normalized spacial score (nSPS) is 33.6. The molecule has 0 aromatic carbocycles. The number of carbonyl (C=O) groups excluding carboxylic acids is 1. The van der Waals surface area contributed by atoms with Gasteiger partial charge in [-0.2, -0.15) is 0 Å². The Labute approximate surface area is 105 Å². The fraction of sp³-hybridized carbons (Fsp3) is 0.500. The molecule has 18 heavy (non-hydrogen) atoms. The van der Waals surface area contributed by atoms with Gasteiger partial charge in [0.05, 0.1) is 17.7 Å². The molecule has 1 aliphatic heterocycles. The summed E-state index contributed by atoms with van der Waals surface area (Å²) in [6.07, 6.45) is 2.75. The van der Waals surface area contributed by atoms with Crippen molar-refractivity contribution in [2.45, 2.75) is 24.6 Å². The molecular formula is C12H16N4O2. The van der Waals surface area contributed by atoms with Gasteiger partial charge in [0.15, 0.2) is 0 Å². The largest absolute Gasteiger partial charge is 0.376 e. The highest BCUT2D eigenvalue weighted by molar-refractivity contribution is 5.97. The van der Waals surface area contributed by atoms with Gasteiger partial charge in [0, 0.05) is 24.8 Å². The molecule has 1 saturated heterocycles. The standard InChI is InChI=1S/C12H16N4O2/c13-8-6-3-5-18-10(6)9(8)16-12-7(11(14)17)2-1-4-15-12/h1-2,4,6,8-10H,3,5,13H2,(H2,14,17)(H,15,16). The monoisotopic (exact) mass is 248 g/mol. The van der Waals surface area contributed by atoms with Crippen molar-refractivity contribution in [3.63, 3.8) is 0 Å². The number of aromatic nitrogens is 1. The number of fused-ring (bicyclic) bond motifs is 1. The first kappa shape index (κ1) is 11.4. The zero-order chi connectivity index (χ0) is 12.7. The molecule has 4 atom stereocenters. The third-order valence-corrected chi connectivity index (χ3v) is 3.82. The molecule has 2 heterocycles. The lowest BCUT2D eigenvalue weighted by Gasteiger charge is -2.46. The Morgan fingerprint density at radius 2 is 2.39 bits per heavy atom. The van der Waals surface area contributed by atoms with Crippen LogP contribution in [0.25, 0.3) is 0 Å². The number of nitrogens with zero attached hydrogens (tertiary/aromatic N) is 1. The second-order valence-electron chi connectivity index (χ2n) is 4.80. The van der Waals surface area contributed by atoms with Crippen LogP contribution in [0.1, 0.15) is 16.8 Å². The van der Waals surface area contributed by atoms with Gasteiger partial charge in [-0.3, -0.25) is 4.79 Å². The predicted molar refractivity (Wildman–Crippen MR) is 66.0 cm³/mol. The minimum atomic E-state index is -0.498. The lowest BCUT2D eigenvalue weighted by molar-refractivity contribution is 0.00521. The van der Waals surface area contributed by atoms with Gasteiger partial charge in [-0.25, -0.2) is 4.98 Å². The zero-order valence-corrected chi connectivity index (χ0v) is 9.87. The molecule has 1 aromatic rings. The van der Waals surface area contributed by atoms with Crippen LogP contribution in [0, 0.1) is 5.92 Å². The fourth-order valence-electron chi connectivity index (χ4n) is 2.80. The quantitative estimate of drug-likeness (QED) is 0.682. The van der Waals surface area contributed by atoms with Crippen molar-refractivity contribution in [1.82, 2.24) is 4.98 Å². The van der Waals surface area contributed by atoms with Crippen molar-refractivity contribution in [2.24, 2.45) is 17.4 Å². The lowest BCUT2D eigenvalue weighted by Crippen LogP contribution is -2.65. The van der Waals surface area contributed by atoms with Gasteiger partial charge >= 0.3 is 0 Å². The highest BCUT2D eigenvalue weighted by Gasteiger charge is 2.52. The Balaban J connectivity index is 1.79. The number of ether oxygens (including phenoxy) is 1. The molecule has 3 rings (SSSR count). The van der Waals surface area contributed by atoms with Gasteiger partial charge in [0.1, 0.15) is 5.82 Å². The Morgan fingerprint density at radius 1 is 1.56 bits per heavy atom.